The number of thiazole rings is 1. The molecular weight excluding hydrogens is 314 g/mol. The lowest BCUT2D eigenvalue weighted by Gasteiger charge is -2.19. The molecule has 0 radical (unpaired) electrons. The minimum atomic E-state index is -0.649. The van der Waals surface area contributed by atoms with Crippen LogP contribution in [0, 0.1) is 5.92 Å². The first kappa shape index (κ1) is 17.1. The Morgan fingerprint density at radius 3 is 2.78 bits per heavy atom. The topological polar surface area (TPSA) is 81.2 Å². The first-order valence-corrected chi connectivity index (χ1v) is 8.11. The average molecular weight is 333 g/mol. The molecule has 0 fully saturated rings. The first-order chi connectivity index (χ1) is 11.0. The Balaban J connectivity index is 2.01. The highest BCUT2D eigenvalue weighted by Crippen LogP contribution is 2.22. The second-order valence-corrected chi connectivity index (χ2v) is 6.23. The van der Waals surface area contributed by atoms with Crippen molar-refractivity contribution >= 4 is 23.2 Å². The Bertz CT molecular complexity index is 670. The molecule has 7 heteroatoms. The third kappa shape index (κ3) is 4.59. The lowest BCUT2D eigenvalue weighted by molar-refractivity contribution is -0.146. The van der Waals surface area contributed by atoms with Crippen molar-refractivity contribution in [2.75, 3.05) is 7.11 Å². The van der Waals surface area contributed by atoms with Gasteiger partial charge >= 0.3 is 5.97 Å². The van der Waals surface area contributed by atoms with Crippen LogP contribution in [0.5, 0.6) is 0 Å². The van der Waals surface area contributed by atoms with Gasteiger partial charge in [-0.2, -0.15) is 0 Å². The number of amides is 1. The van der Waals surface area contributed by atoms with Gasteiger partial charge in [-0.05, 0) is 18.1 Å². The highest BCUT2D eigenvalue weighted by molar-refractivity contribution is 7.13. The summed E-state index contributed by atoms with van der Waals surface area (Å²) in [5.74, 6) is -0.743. The van der Waals surface area contributed by atoms with Gasteiger partial charge in [0.05, 0.1) is 19.2 Å². The molecule has 6 nitrogen and oxygen atoms in total. The number of esters is 1. The largest absolute Gasteiger partial charge is 0.467 e. The van der Waals surface area contributed by atoms with Crippen molar-refractivity contribution in [3.8, 4) is 10.6 Å². The summed E-state index contributed by atoms with van der Waals surface area (Å²) >= 11 is 1.46. The summed E-state index contributed by atoms with van der Waals surface area (Å²) in [6.07, 6.45) is 3.55. The third-order valence-electron chi connectivity index (χ3n) is 3.24. The van der Waals surface area contributed by atoms with Crippen LogP contribution in [0.3, 0.4) is 0 Å². The fourth-order valence-electron chi connectivity index (χ4n) is 2.02. The summed E-state index contributed by atoms with van der Waals surface area (Å²) in [4.78, 5) is 32.3. The van der Waals surface area contributed by atoms with Crippen LogP contribution in [0.1, 0.15) is 19.5 Å². The van der Waals surface area contributed by atoms with Crippen LogP contribution < -0.4 is 5.32 Å². The Morgan fingerprint density at radius 1 is 1.39 bits per heavy atom. The van der Waals surface area contributed by atoms with Crippen LogP contribution in [-0.4, -0.2) is 35.0 Å². The second-order valence-electron chi connectivity index (χ2n) is 5.37. The number of rotatable bonds is 6. The molecule has 122 valence electrons. The zero-order chi connectivity index (χ0) is 16.8. The quantitative estimate of drug-likeness (QED) is 0.818. The van der Waals surface area contributed by atoms with E-state index in [1.165, 1.54) is 18.4 Å². The Labute approximate surface area is 138 Å². The van der Waals surface area contributed by atoms with Gasteiger partial charge in [0.15, 0.2) is 0 Å². The van der Waals surface area contributed by atoms with Crippen molar-refractivity contribution in [2.24, 2.45) is 5.92 Å². The van der Waals surface area contributed by atoms with E-state index in [1.807, 2.05) is 31.4 Å². The summed E-state index contributed by atoms with van der Waals surface area (Å²) in [6.45, 7) is 3.70. The molecule has 0 saturated carbocycles. The summed E-state index contributed by atoms with van der Waals surface area (Å²) in [5, 5.41) is 5.36. The number of pyridine rings is 1. The van der Waals surface area contributed by atoms with Crippen molar-refractivity contribution in [1.82, 2.24) is 15.3 Å². The number of nitrogens with zero attached hydrogens (tertiary/aromatic N) is 2. The van der Waals surface area contributed by atoms with Gasteiger partial charge < -0.3 is 10.1 Å². The van der Waals surface area contributed by atoms with Gasteiger partial charge in [-0.15, -0.1) is 11.3 Å². The van der Waals surface area contributed by atoms with E-state index >= 15 is 0 Å². The second kappa shape index (κ2) is 7.82. The number of methoxy groups -OCH3 is 1. The number of nitrogens with one attached hydrogen (secondary N) is 1. The van der Waals surface area contributed by atoms with E-state index in [0.717, 1.165) is 10.6 Å². The highest BCUT2D eigenvalue weighted by atomic mass is 32.1. The molecule has 0 aliphatic carbocycles. The molecule has 0 aliphatic heterocycles. The molecule has 0 spiro atoms. The van der Waals surface area contributed by atoms with E-state index in [0.29, 0.717) is 5.69 Å². The van der Waals surface area contributed by atoms with Crippen LogP contribution in [-0.2, 0) is 20.7 Å². The van der Waals surface area contributed by atoms with Crippen molar-refractivity contribution in [3.63, 3.8) is 0 Å². The van der Waals surface area contributed by atoms with Crippen LogP contribution in [0.4, 0.5) is 0 Å². The number of hydrogen-bond acceptors (Lipinski definition) is 6. The van der Waals surface area contributed by atoms with E-state index in [4.69, 9.17) is 4.74 Å². The molecule has 2 rings (SSSR count). The lowest BCUT2D eigenvalue weighted by atomic mass is 10.0. The zero-order valence-electron chi connectivity index (χ0n) is 13.3. The predicted molar refractivity (Wildman–Crippen MR) is 87.8 cm³/mol. The summed E-state index contributed by atoms with van der Waals surface area (Å²) in [6, 6.07) is 3.11. The van der Waals surface area contributed by atoms with Crippen LogP contribution >= 0.6 is 11.3 Å². The Morgan fingerprint density at radius 2 is 2.17 bits per heavy atom. The fraction of sp³-hybridized carbons (Fsp3) is 0.375. The fourth-order valence-corrected chi connectivity index (χ4v) is 2.83. The van der Waals surface area contributed by atoms with Crippen LogP contribution in [0.15, 0.2) is 29.9 Å². The molecule has 2 aromatic heterocycles. The van der Waals surface area contributed by atoms with E-state index in [-0.39, 0.29) is 18.2 Å². The molecule has 1 amide bonds. The summed E-state index contributed by atoms with van der Waals surface area (Å²) in [7, 11) is 1.31. The summed E-state index contributed by atoms with van der Waals surface area (Å²) in [5.41, 5.74) is 1.58. The smallest absolute Gasteiger partial charge is 0.328 e. The predicted octanol–water partition coefficient (Wildman–Crippen LogP) is 2.06. The summed E-state index contributed by atoms with van der Waals surface area (Å²) < 4.78 is 4.71. The van der Waals surface area contributed by atoms with Gasteiger partial charge in [0.1, 0.15) is 11.0 Å². The lowest BCUT2D eigenvalue weighted by Crippen LogP contribution is -2.45. The maximum absolute atomic E-state index is 12.1. The molecular formula is C16H19N3O3S. The molecule has 23 heavy (non-hydrogen) atoms. The number of ether oxygens (including phenoxy) is 1. The molecule has 1 N–H and O–H groups in total. The van der Waals surface area contributed by atoms with E-state index in [1.54, 1.807) is 12.4 Å². The minimum Gasteiger partial charge on any atom is -0.467 e. The van der Waals surface area contributed by atoms with Crippen molar-refractivity contribution < 1.29 is 14.3 Å². The normalized spacial score (nSPS) is 12.0. The molecule has 0 saturated heterocycles. The standard InChI is InChI=1S/C16H19N3O3S/c1-10(2)14(16(21)22-3)19-13(20)7-12-9-23-15(18-12)11-5-4-6-17-8-11/h4-6,8-10,14H,7H2,1-3H3,(H,19,20)/t14-/m0/s1. The number of carbonyl (C=O) groups is 2. The SMILES string of the molecule is COC(=O)[C@@H](NC(=O)Cc1csc(-c2cccnc2)n1)C(C)C. The van der Waals surface area contributed by atoms with E-state index in [2.05, 4.69) is 15.3 Å². The van der Waals surface area contributed by atoms with Crippen molar-refractivity contribution in [3.05, 3.63) is 35.6 Å². The van der Waals surface area contributed by atoms with Gasteiger partial charge in [0.25, 0.3) is 0 Å². The Kier molecular flexibility index (Phi) is 5.81. The molecule has 0 bridgehead atoms. The van der Waals surface area contributed by atoms with Crippen molar-refractivity contribution in [1.29, 1.82) is 0 Å². The zero-order valence-corrected chi connectivity index (χ0v) is 14.1. The average Bonchev–Trinajstić information content (AvgIpc) is 3.01. The van der Waals surface area contributed by atoms with Crippen LogP contribution in [0.25, 0.3) is 10.6 Å². The van der Waals surface area contributed by atoms with Crippen molar-refractivity contribution in [2.45, 2.75) is 26.3 Å². The molecule has 2 aromatic rings. The molecule has 1 atom stereocenters. The number of aromatic nitrogens is 2. The number of carbonyl (C=O) groups excluding carboxylic acids is 2. The maximum Gasteiger partial charge on any atom is 0.328 e. The minimum absolute atomic E-state index is 0.0483. The van der Waals surface area contributed by atoms with Gasteiger partial charge in [0.2, 0.25) is 5.91 Å². The molecule has 0 unspecified atom stereocenters. The van der Waals surface area contributed by atoms with Gasteiger partial charge in [-0.25, -0.2) is 9.78 Å². The first-order valence-electron chi connectivity index (χ1n) is 7.23. The molecule has 2 heterocycles. The van der Waals surface area contributed by atoms with Gasteiger partial charge in [-0.3, -0.25) is 9.78 Å². The highest BCUT2D eigenvalue weighted by Gasteiger charge is 2.25. The van der Waals surface area contributed by atoms with Crippen LogP contribution in [0.2, 0.25) is 0 Å². The van der Waals surface area contributed by atoms with E-state index in [9.17, 15) is 9.59 Å². The molecule has 0 aliphatic rings. The van der Waals surface area contributed by atoms with Gasteiger partial charge in [-0.1, -0.05) is 13.8 Å². The van der Waals surface area contributed by atoms with Gasteiger partial charge in [0, 0.05) is 23.3 Å². The maximum atomic E-state index is 12.1. The Hall–Kier alpha value is -2.28. The third-order valence-corrected chi connectivity index (χ3v) is 4.18. The van der Waals surface area contributed by atoms with E-state index < -0.39 is 12.0 Å². The molecule has 0 aromatic carbocycles. The number of hydrogen-bond donors (Lipinski definition) is 1. The monoisotopic (exact) mass is 333 g/mol.